The van der Waals surface area contributed by atoms with E-state index in [0.717, 1.165) is 36.5 Å². The lowest BCUT2D eigenvalue weighted by molar-refractivity contribution is -0.117. The number of ether oxygens (including phenoxy) is 1. The third kappa shape index (κ3) is 5.08. The van der Waals surface area contributed by atoms with Crippen molar-refractivity contribution < 1.29 is 18.3 Å². The molecule has 1 saturated carbocycles. The van der Waals surface area contributed by atoms with Crippen LogP contribution in [0.25, 0.3) is 0 Å². The number of halogens is 2. The van der Waals surface area contributed by atoms with Crippen LogP contribution in [0.3, 0.4) is 0 Å². The zero-order chi connectivity index (χ0) is 21.3. The van der Waals surface area contributed by atoms with Gasteiger partial charge in [0.25, 0.3) is 0 Å². The number of benzene rings is 1. The molecular weight excluding hydrogens is 416 g/mol. The van der Waals surface area contributed by atoms with E-state index in [-0.39, 0.29) is 26.8 Å². The molecule has 2 heterocycles. The minimum Gasteiger partial charge on any atom is -0.493 e. The number of hydrogen-bond donors (Lipinski definition) is 1. The van der Waals surface area contributed by atoms with Gasteiger partial charge in [-0.05, 0) is 44.7 Å². The predicted molar refractivity (Wildman–Crippen MR) is 123 cm³/mol. The van der Waals surface area contributed by atoms with Crippen molar-refractivity contribution in [2.75, 3.05) is 41.4 Å². The topological polar surface area (TPSA) is 70.6 Å². The molecule has 0 bridgehead atoms. The second-order valence-corrected chi connectivity index (χ2v) is 7.62. The first-order chi connectivity index (χ1) is 14.5. The third-order valence-electron chi connectivity index (χ3n) is 5.61. The molecule has 1 aliphatic heterocycles. The highest BCUT2D eigenvalue weighted by atomic mass is 19.2. The molecule has 1 fully saturated rings. The molecule has 0 atom stereocenters. The fourth-order valence-corrected chi connectivity index (χ4v) is 3.88. The number of fused-ring (bicyclic) bond motifs is 1. The van der Waals surface area contributed by atoms with Gasteiger partial charge in [-0.3, -0.25) is 4.79 Å². The molecule has 1 aliphatic carbocycles. The summed E-state index contributed by atoms with van der Waals surface area (Å²) in [4.78, 5) is 25.0. The zero-order valence-corrected chi connectivity index (χ0v) is 17.1. The molecule has 0 spiro atoms. The summed E-state index contributed by atoms with van der Waals surface area (Å²) < 4.78 is 31.8. The first-order valence-corrected chi connectivity index (χ1v) is 10.2. The van der Waals surface area contributed by atoms with Crippen LogP contribution in [0.15, 0.2) is 24.4 Å². The van der Waals surface area contributed by atoms with E-state index < -0.39 is 11.6 Å². The van der Waals surface area contributed by atoms with E-state index in [1.165, 1.54) is 6.07 Å². The van der Waals surface area contributed by atoms with Crippen LogP contribution in [-0.4, -0.2) is 48.2 Å². The van der Waals surface area contributed by atoms with Gasteiger partial charge in [0.05, 0.1) is 19.3 Å². The van der Waals surface area contributed by atoms with Crippen LogP contribution in [0.4, 0.5) is 26.2 Å². The van der Waals surface area contributed by atoms with Gasteiger partial charge in [-0.2, -0.15) is 4.98 Å². The number of amides is 1. The highest BCUT2D eigenvalue weighted by molar-refractivity contribution is 6.02. The molecule has 176 valence electrons. The SMILES string of the molecule is C.C.CCN1CC(=O)N(CC)c2cnc(NC3CC(COc4ccc(F)c(F)c4)C3)nc21. The highest BCUT2D eigenvalue weighted by Crippen LogP contribution is 2.34. The Kier molecular flexibility index (Phi) is 8.35. The van der Waals surface area contributed by atoms with Crippen LogP contribution < -0.4 is 19.9 Å². The lowest BCUT2D eigenvalue weighted by atomic mass is 9.81. The van der Waals surface area contributed by atoms with E-state index in [1.54, 1.807) is 11.1 Å². The Hall–Kier alpha value is -2.97. The molecule has 0 radical (unpaired) electrons. The summed E-state index contributed by atoms with van der Waals surface area (Å²) in [6.07, 6.45) is 3.46. The summed E-state index contributed by atoms with van der Waals surface area (Å²) in [6, 6.07) is 3.78. The van der Waals surface area contributed by atoms with Gasteiger partial charge in [0, 0.05) is 25.2 Å². The largest absolute Gasteiger partial charge is 0.493 e. The van der Waals surface area contributed by atoms with Crippen molar-refractivity contribution in [3.8, 4) is 5.75 Å². The van der Waals surface area contributed by atoms with Crippen LogP contribution in [0.5, 0.6) is 5.75 Å². The van der Waals surface area contributed by atoms with Gasteiger partial charge in [-0.15, -0.1) is 0 Å². The minimum atomic E-state index is -0.908. The van der Waals surface area contributed by atoms with Gasteiger partial charge in [0.2, 0.25) is 11.9 Å². The van der Waals surface area contributed by atoms with E-state index in [0.29, 0.717) is 43.9 Å². The number of aromatic nitrogens is 2. The van der Waals surface area contributed by atoms with Crippen molar-refractivity contribution in [2.24, 2.45) is 5.92 Å². The number of hydrogen-bond acceptors (Lipinski definition) is 6. The Balaban J connectivity index is 0.00000181. The molecule has 1 aromatic heterocycles. The maximum atomic E-state index is 13.2. The van der Waals surface area contributed by atoms with Crippen molar-refractivity contribution in [1.82, 2.24) is 9.97 Å². The monoisotopic (exact) mass is 449 g/mol. The van der Waals surface area contributed by atoms with Gasteiger partial charge in [-0.25, -0.2) is 13.8 Å². The van der Waals surface area contributed by atoms with Crippen molar-refractivity contribution in [1.29, 1.82) is 0 Å². The Morgan fingerprint density at radius 3 is 2.56 bits per heavy atom. The highest BCUT2D eigenvalue weighted by Gasteiger charge is 2.32. The zero-order valence-electron chi connectivity index (χ0n) is 17.1. The number of likely N-dealkylation sites (N-methyl/N-ethyl adjacent to an activating group) is 2. The maximum absolute atomic E-state index is 13.2. The van der Waals surface area contributed by atoms with Crippen LogP contribution in [0, 0.1) is 17.6 Å². The van der Waals surface area contributed by atoms with Crippen LogP contribution in [0.1, 0.15) is 41.5 Å². The summed E-state index contributed by atoms with van der Waals surface area (Å²) in [6.45, 7) is 5.98. The number of nitrogens with zero attached hydrogens (tertiary/aromatic N) is 4. The normalized spacial score (nSPS) is 19.3. The van der Waals surface area contributed by atoms with E-state index in [4.69, 9.17) is 4.74 Å². The number of nitrogens with one attached hydrogen (secondary N) is 1. The average molecular weight is 450 g/mol. The molecule has 2 aromatic rings. The molecule has 4 rings (SSSR count). The first-order valence-electron chi connectivity index (χ1n) is 10.2. The molecule has 1 N–H and O–H groups in total. The van der Waals surface area contributed by atoms with Gasteiger partial charge in [0.15, 0.2) is 17.5 Å². The average Bonchev–Trinajstić information content (AvgIpc) is 2.71. The Morgan fingerprint density at radius 1 is 1.16 bits per heavy atom. The van der Waals surface area contributed by atoms with Crippen molar-refractivity contribution in [3.05, 3.63) is 36.0 Å². The van der Waals surface area contributed by atoms with Crippen LogP contribution in [0.2, 0.25) is 0 Å². The Labute approximate surface area is 188 Å². The molecule has 9 heteroatoms. The van der Waals surface area contributed by atoms with Gasteiger partial charge < -0.3 is 19.9 Å². The summed E-state index contributed by atoms with van der Waals surface area (Å²) in [5.41, 5.74) is 0.743. The molecule has 0 unspecified atom stereocenters. The molecule has 32 heavy (non-hydrogen) atoms. The van der Waals surface area contributed by atoms with Gasteiger partial charge in [-0.1, -0.05) is 14.9 Å². The second kappa shape index (κ2) is 10.6. The lowest BCUT2D eigenvalue weighted by Gasteiger charge is -2.37. The molecule has 2 aliphatic rings. The second-order valence-electron chi connectivity index (χ2n) is 7.62. The molecule has 0 saturated heterocycles. The summed E-state index contributed by atoms with van der Waals surface area (Å²) in [7, 11) is 0. The fourth-order valence-electron chi connectivity index (χ4n) is 3.88. The quantitative estimate of drug-likeness (QED) is 0.672. The fraction of sp³-hybridized carbons (Fsp3) is 0.522. The lowest BCUT2D eigenvalue weighted by Crippen LogP contribution is -2.46. The maximum Gasteiger partial charge on any atom is 0.246 e. The summed E-state index contributed by atoms with van der Waals surface area (Å²) >= 11 is 0. The van der Waals surface area contributed by atoms with Gasteiger partial charge in [0.1, 0.15) is 11.4 Å². The van der Waals surface area contributed by atoms with Gasteiger partial charge >= 0.3 is 0 Å². The first kappa shape index (κ1) is 25.3. The van der Waals surface area contributed by atoms with Crippen LogP contribution >= 0.6 is 0 Å². The Morgan fingerprint density at radius 2 is 1.91 bits per heavy atom. The smallest absolute Gasteiger partial charge is 0.246 e. The molecule has 1 amide bonds. The summed E-state index contributed by atoms with van der Waals surface area (Å²) in [5, 5.41) is 3.34. The Bertz CT molecular complexity index is 937. The minimum absolute atomic E-state index is 0. The molecule has 1 aromatic carbocycles. The standard InChI is InChI=1S/C21H25F2N5O2.2CH4/c1-3-27-11-19(29)28(4-2)18-10-24-21(26-20(18)27)25-14-7-13(8-14)12-30-15-5-6-16(22)17(23)9-15;;/h5-6,9-10,13-14H,3-4,7-8,11-12H2,1-2H3,(H,24,25,26);2*1H4. The molecule has 7 nitrogen and oxygen atoms in total. The number of carbonyl (C=O) groups is 1. The van der Waals surface area contributed by atoms with Crippen molar-refractivity contribution in [2.45, 2.75) is 47.6 Å². The van der Waals surface area contributed by atoms with Crippen molar-refractivity contribution >= 4 is 23.4 Å². The summed E-state index contributed by atoms with van der Waals surface area (Å²) in [5.74, 6) is 0.241. The number of rotatable bonds is 7. The third-order valence-corrected chi connectivity index (χ3v) is 5.61. The predicted octanol–water partition coefficient (Wildman–Crippen LogP) is 4.49. The molecular formula is C23H33F2N5O2. The van der Waals surface area contributed by atoms with E-state index in [2.05, 4.69) is 15.3 Å². The van der Waals surface area contributed by atoms with E-state index in [9.17, 15) is 13.6 Å². The van der Waals surface area contributed by atoms with E-state index in [1.807, 2.05) is 18.7 Å². The number of carbonyl (C=O) groups excluding carboxylic acids is 1. The van der Waals surface area contributed by atoms with E-state index >= 15 is 0 Å². The number of anilines is 3. The van der Waals surface area contributed by atoms with Crippen LogP contribution in [-0.2, 0) is 4.79 Å². The van der Waals surface area contributed by atoms with Crippen molar-refractivity contribution in [3.63, 3.8) is 0 Å².